The number of hydrogen-bond acceptors (Lipinski definition) is 3. The zero-order valence-corrected chi connectivity index (χ0v) is 14.8. The van der Waals surface area contributed by atoms with Crippen LogP contribution in [0.2, 0.25) is 0 Å². The largest absolute Gasteiger partial charge is 0.497 e. The van der Waals surface area contributed by atoms with Crippen LogP contribution < -0.4 is 9.47 Å². The van der Waals surface area contributed by atoms with Crippen LogP contribution >= 0.6 is 0 Å². The van der Waals surface area contributed by atoms with E-state index < -0.39 is 0 Å². The maximum absolute atomic E-state index is 12.5. The van der Waals surface area contributed by atoms with Gasteiger partial charge in [0.2, 0.25) is 0 Å². The van der Waals surface area contributed by atoms with Crippen LogP contribution in [-0.2, 0) is 0 Å². The lowest BCUT2D eigenvalue weighted by atomic mass is 10.0. The molecule has 0 atom stereocenters. The van der Waals surface area contributed by atoms with E-state index in [2.05, 4.69) is 12.1 Å². The highest BCUT2D eigenvalue weighted by molar-refractivity contribution is 6.08. The third kappa shape index (κ3) is 4.01. The van der Waals surface area contributed by atoms with Gasteiger partial charge in [0, 0.05) is 6.07 Å². The van der Waals surface area contributed by atoms with Gasteiger partial charge in [0.25, 0.3) is 0 Å². The quantitative estimate of drug-likeness (QED) is 0.451. The fourth-order valence-electron chi connectivity index (χ4n) is 2.68. The minimum Gasteiger partial charge on any atom is -0.497 e. The second-order valence-corrected chi connectivity index (χ2v) is 5.75. The Morgan fingerprint density at radius 1 is 0.808 bits per heavy atom. The average Bonchev–Trinajstić information content (AvgIpc) is 2.72. The highest BCUT2D eigenvalue weighted by atomic mass is 16.5. The molecule has 0 spiro atoms. The molecule has 0 saturated heterocycles. The van der Waals surface area contributed by atoms with Gasteiger partial charge in [0.15, 0.2) is 5.78 Å². The van der Waals surface area contributed by atoms with Crippen molar-refractivity contribution >= 4 is 11.9 Å². The van der Waals surface area contributed by atoms with E-state index in [-0.39, 0.29) is 5.78 Å². The predicted molar refractivity (Wildman–Crippen MR) is 105 cm³/mol. The third-order valence-electron chi connectivity index (χ3n) is 4.12. The Morgan fingerprint density at radius 2 is 1.50 bits per heavy atom. The second kappa shape index (κ2) is 8.17. The fraction of sp³-hybridized carbons (Fsp3) is 0.0870. The molecule has 0 radical (unpaired) electrons. The van der Waals surface area contributed by atoms with Gasteiger partial charge in [-0.05, 0) is 34.9 Å². The smallest absolute Gasteiger partial charge is 0.189 e. The standard InChI is InChI=1S/C23H20O3/c1-25-20-13-14-21(23(16-20)26-2)22(24)15-10-17-8-11-19(12-9-17)18-6-4-3-5-7-18/h3-16H,1-2H3. The Labute approximate surface area is 153 Å². The first-order chi connectivity index (χ1) is 12.7. The van der Waals surface area contributed by atoms with Gasteiger partial charge in [-0.2, -0.15) is 0 Å². The van der Waals surface area contributed by atoms with Crippen molar-refractivity contribution in [3.05, 3.63) is 90.0 Å². The Balaban J connectivity index is 1.76. The van der Waals surface area contributed by atoms with Crippen LogP contribution in [0.1, 0.15) is 15.9 Å². The van der Waals surface area contributed by atoms with Gasteiger partial charge in [-0.3, -0.25) is 4.79 Å². The Morgan fingerprint density at radius 3 is 2.15 bits per heavy atom. The van der Waals surface area contributed by atoms with Gasteiger partial charge in [-0.15, -0.1) is 0 Å². The first kappa shape index (κ1) is 17.5. The SMILES string of the molecule is COc1ccc(C(=O)C=Cc2ccc(-c3ccccc3)cc2)c(OC)c1. The van der Waals surface area contributed by atoms with Crippen molar-refractivity contribution in [1.82, 2.24) is 0 Å². The molecule has 3 rings (SSSR count). The van der Waals surface area contributed by atoms with Crippen molar-refractivity contribution in [3.63, 3.8) is 0 Å². The first-order valence-corrected chi connectivity index (χ1v) is 8.31. The number of allylic oxidation sites excluding steroid dienone is 1. The van der Waals surface area contributed by atoms with Gasteiger partial charge in [0.05, 0.1) is 19.8 Å². The topological polar surface area (TPSA) is 35.5 Å². The molecule has 0 heterocycles. The van der Waals surface area contributed by atoms with Crippen LogP contribution in [0.3, 0.4) is 0 Å². The molecule has 130 valence electrons. The van der Waals surface area contributed by atoms with E-state index >= 15 is 0 Å². The lowest BCUT2D eigenvalue weighted by Crippen LogP contribution is -1.99. The van der Waals surface area contributed by atoms with Crippen LogP contribution in [0.4, 0.5) is 0 Å². The van der Waals surface area contributed by atoms with Gasteiger partial charge in [-0.1, -0.05) is 60.7 Å². The number of rotatable bonds is 6. The molecule has 0 aliphatic rings. The summed E-state index contributed by atoms with van der Waals surface area (Å²) in [6.07, 6.45) is 3.36. The van der Waals surface area contributed by atoms with Crippen molar-refractivity contribution in [2.24, 2.45) is 0 Å². The molecular weight excluding hydrogens is 324 g/mol. The molecule has 0 aliphatic heterocycles. The van der Waals surface area contributed by atoms with E-state index in [1.54, 1.807) is 37.5 Å². The monoisotopic (exact) mass is 344 g/mol. The summed E-state index contributed by atoms with van der Waals surface area (Å²) in [6.45, 7) is 0. The minimum atomic E-state index is -0.114. The fourth-order valence-corrected chi connectivity index (χ4v) is 2.68. The van der Waals surface area contributed by atoms with Crippen molar-refractivity contribution in [1.29, 1.82) is 0 Å². The van der Waals surface area contributed by atoms with Crippen LogP contribution in [-0.4, -0.2) is 20.0 Å². The summed E-state index contributed by atoms with van der Waals surface area (Å²) in [5.41, 5.74) is 3.78. The van der Waals surface area contributed by atoms with E-state index in [0.29, 0.717) is 17.1 Å². The lowest BCUT2D eigenvalue weighted by molar-refractivity contribution is 0.104. The van der Waals surface area contributed by atoms with E-state index in [1.165, 1.54) is 12.7 Å². The van der Waals surface area contributed by atoms with Crippen LogP contribution in [0.25, 0.3) is 17.2 Å². The van der Waals surface area contributed by atoms with Crippen molar-refractivity contribution in [2.45, 2.75) is 0 Å². The van der Waals surface area contributed by atoms with Gasteiger partial charge in [0.1, 0.15) is 11.5 Å². The number of carbonyl (C=O) groups is 1. The molecular formula is C23H20O3. The Bertz CT molecular complexity index is 910. The second-order valence-electron chi connectivity index (χ2n) is 5.75. The first-order valence-electron chi connectivity index (χ1n) is 8.31. The lowest BCUT2D eigenvalue weighted by Gasteiger charge is -2.08. The number of carbonyl (C=O) groups excluding carboxylic acids is 1. The summed E-state index contributed by atoms with van der Waals surface area (Å²) in [5, 5.41) is 0. The summed E-state index contributed by atoms with van der Waals surface area (Å²) in [7, 11) is 3.12. The number of ether oxygens (including phenoxy) is 2. The van der Waals surface area contributed by atoms with Gasteiger partial charge < -0.3 is 9.47 Å². The average molecular weight is 344 g/mol. The molecule has 0 saturated carbocycles. The molecule has 3 heteroatoms. The summed E-state index contributed by atoms with van der Waals surface area (Å²) < 4.78 is 10.5. The van der Waals surface area contributed by atoms with Crippen molar-refractivity contribution in [2.75, 3.05) is 14.2 Å². The van der Waals surface area contributed by atoms with Crippen molar-refractivity contribution < 1.29 is 14.3 Å². The normalized spacial score (nSPS) is 10.7. The van der Waals surface area contributed by atoms with Gasteiger partial charge in [-0.25, -0.2) is 0 Å². The summed E-state index contributed by atoms with van der Waals surface area (Å²) >= 11 is 0. The van der Waals surface area contributed by atoms with E-state index in [4.69, 9.17) is 9.47 Å². The molecule has 0 aliphatic carbocycles. The molecule has 0 amide bonds. The molecule has 3 nitrogen and oxygen atoms in total. The molecule has 26 heavy (non-hydrogen) atoms. The minimum absolute atomic E-state index is 0.114. The van der Waals surface area contributed by atoms with E-state index in [1.807, 2.05) is 42.5 Å². The molecule has 0 N–H and O–H groups in total. The summed E-state index contributed by atoms with van der Waals surface area (Å²) in [4.78, 5) is 12.5. The third-order valence-corrected chi connectivity index (χ3v) is 4.12. The van der Waals surface area contributed by atoms with Gasteiger partial charge >= 0.3 is 0 Å². The highest BCUT2D eigenvalue weighted by Gasteiger charge is 2.10. The maximum Gasteiger partial charge on any atom is 0.189 e. The molecule has 3 aromatic rings. The van der Waals surface area contributed by atoms with E-state index in [9.17, 15) is 4.79 Å². The van der Waals surface area contributed by atoms with Crippen LogP contribution in [0.15, 0.2) is 78.9 Å². The molecule has 0 bridgehead atoms. The number of benzene rings is 3. The number of ketones is 1. The zero-order chi connectivity index (χ0) is 18.4. The predicted octanol–water partition coefficient (Wildman–Crippen LogP) is 5.27. The molecule has 0 aromatic heterocycles. The number of hydrogen-bond donors (Lipinski definition) is 0. The zero-order valence-electron chi connectivity index (χ0n) is 14.8. The summed E-state index contributed by atoms with van der Waals surface area (Å²) in [5.74, 6) is 1.04. The highest BCUT2D eigenvalue weighted by Crippen LogP contribution is 2.25. The maximum atomic E-state index is 12.5. The Kier molecular flexibility index (Phi) is 5.49. The van der Waals surface area contributed by atoms with E-state index in [0.717, 1.165) is 11.1 Å². The molecule has 0 unspecified atom stereocenters. The molecule has 0 fully saturated rings. The Hall–Kier alpha value is -3.33. The van der Waals surface area contributed by atoms with Crippen LogP contribution in [0.5, 0.6) is 11.5 Å². The van der Waals surface area contributed by atoms with Crippen LogP contribution in [0, 0.1) is 0 Å². The summed E-state index contributed by atoms with van der Waals surface area (Å²) in [6, 6.07) is 23.4. The number of methoxy groups -OCH3 is 2. The van der Waals surface area contributed by atoms with Crippen molar-refractivity contribution in [3.8, 4) is 22.6 Å². The molecule has 3 aromatic carbocycles.